The average Bonchev–Trinajstić information content (AvgIpc) is 2.95. The standard InChI is InChI=1S/C15H21N3O2S2/c1-4-13-9-17-15(21-13)11(3)18-10(2)12-5-7-14(8-6-12)22(16,19)20/h5-11,18H,4H2,1-3H3,(H2,16,19,20)/t10-,11-/m1/s1. The molecule has 0 amide bonds. The maximum atomic E-state index is 11.3. The molecular formula is C15H21N3O2S2. The van der Waals surface area contributed by atoms with Gasteiger partial charge in [0, 0.05) is 17.1 Å². The van der Waals surface area contributed by atoms with Crippen molar-refractivity contribution in [3.8, 4) is 0 Å². The second kappa shape index (κ2) is 6.87. The minimum Gasteiger partial charge on any atom is -0.302 e. The number of aromatic nitrogens is 1. The van der Waals surface area contributed by atoms with Gasteiger partial charge in [0.1, 0.15) is 5.01 Å². The molecule has 0 spiro atoms. The number of nitrogens with zero attached hydrogens (tertiary/aromatic N) is 1. The molecule has 7 heteroatoms. The van der Waals surface area contributed by atoms with Crippen LogP contribution < -0.4 is 10.5 Å². The molecule has 2 aromatic rings. The topological polar surface area (TPSA) is 85.1 Å². The zero-order valence-electron chi connectivity index (χ0n) is 12.9. The van der Waals surface area contributed by atoms with Crippen molar-refractivity contribution in [1.29, 1.82) is 0 Å². The average molecular weight is 339 g/mol. The largest absolute Gasteiger partial charge is 0.302 e. The maximum Gasteiger partial charge on any atom is 0.238 e. The molecule has 0 aliphatic heterocycles. The number of hydrogen-bond donors (Lipinski definition) is 2. The zero-order chi connectivity index (χ0) is 16.3. The highest BCUT2D eigenvalue weighted by molar-refractivity contribution is 7.89. The van der Waals surface area contributed by atoms with Crippen LogP contribution in [0.1, 0.15) is 48.3 Å². The van der Waals surface area contributed by atoms with Crippen molar-refractivity contribution < 1.29 is 8.42 Å². The Labute approximate surface area is 135 Å². The molecule has 0 saturated heterocycles. The third-order valence-corrected chi connectivity index (χ3v) is 5.75. The molecule has 0 saturated carbocycles. The lowest BCUT2D eigenvalue weighted by Crippen LogP contribution is -2.22. The van der Waals surface area contributed by atoms with Gasteiger partial charge in [-0.25, -0.2) is 18.5 Å². The van der Waals surface area contributed by atoms with E-state index in [-0.39, 0.29) is 17.0 Å². The molecule has 0 unspecified atom stereocenters. The Morgan fingerprint density at radius 3 is 2.36 bits per heavy atom. The van der Waals surface area contributed by atoms with E-state index in [1.54, 1.807) is 23.5 Å². The molecule has 120 valence electrons. The summed E-state index contributed by atoms with van der Waals surface area (Å²) in [5.74, 6) is 0. The SMILES string of the molecule is CCc1cnc([C@@H](C)N[C@H](C)c2ccc(S(N)(=O)=O)cc2)s1. The fraction of sp³-hybridized carbons (Fsp3) is 0.400. The Morgan fingerprint density at radius 1 is 1.23 bits per heavy atom. The van der Waals surface area contributed by atoms with E-state index < -0.39 is 10.0 Å². The molecule has 0 aliphatic carbocycles. The second-order valence-corrected chi connectivity index (χ2v) is 7.95. The van der Waals surface area contributed by atoms with Crippen molar-refractivity contribution >= 4 is 21.4 Å². The van der Waals surface area contributed by atoms with Crippen molar-refractivity contribution in [2.75, 3.05) is 0 Å². The van der Waals surface area contributed by atoms with E-state index in [1.165, 1.54) is 17.0 Å². The van der Waals surface area contributed by atoms with E-state index >= 15 is 0 Å². The third-order valence-electron chi connectivity index (χ3n) is 3.50. The number of primary sulfonamides is 1. The van der Waals surface area contributed by atoms with Crippen LogP contribution in [0.5, 0.6) is 0 Å². The molecule has 0 fully saturated rings. The van der Waals surface area contributed by atoms with E-state index in [1.807, 2.05) is 13.1 Å². The number of nitrogens with two attached hydrogens (primary N) is 1. The number of rotatable bonds is 6. The van der Waals surface area contributed by atoms with Gasteiger partial charge in [-0.1, -0.05) is 19.1 Å². The van der Waals surface area contributed by atoms with E-state index in [0.717, 1.165) is 17.0 Å². The first-order valence-electron chi connectivity index (χ1n) is 7.14. The van der Waals surface area contributed by atoms with Gasteiger partial charge < -0.3 is 5.32 Å². The van der Waals surface area contributed by atoms with Gasteiger partial charge in [-0.2, -0.15) is 0 Å². The molecule has 1 heterocycles. The van der Waals surface area contributed by atoms with Gasteiger partial charge in [0.15, 0.2) is 0 Å². The third kappa shape index (κ3) is 4.13. The summed E-state index contributed by atoms with van der Waals surface area (Å²) in [7, 11) is -3.64. The van der Waals surface area contributed by atoms with Crippen molar-refractivity contribution in [1.82, 2.24) is 10.3 Å². The minimum atomic E-state index is -3.64. The molecule has 0 aliphatic rings. The van der Waals surface area contributed by atoms with Crippen LogP contribution in [0.25, 0.3) is 0 Å². The normalized spacial score (nSPS) is 14.7. The molecular weight excluding hydrogens is 318 g/mol. The highest BCUT2D eigenvalue weighted by Crippen LogP contribution is 2.24. The van der Waals surface area contributed by atoms with Crippen LogP contribution in [0.15, 0.2) is 35.4 Å². The molecule has 1 aromatic carbocycles. The fourth-order valence-corrected chi connectivity index (χ4v) is 3.56. The van der Waals surface area contributed by atoms with E-state index in [0.29, 0.717) is 0 Å². The summed E-state index contributed by atoms with van der Waals surface area (Å²) < 4.78 is 22.5. The number of benzene rings is 1. The molecule has 0 radical (unpaired) electrons. The monoisotopic (exact) mass is 339 g/mol. The van der Waals surface area contributed by atoms with Crippen LogP contribution in [0.4, 0.5) is 0 Å². The van der Waals surface area contributed by atoms with Crippen LogP contribution in [0.3, 0.4) is 0 Å². The number of nitrogens with one attached hydrogen (secondary N) is 1. The summed E-state index contributed by atoms with van der Waals surface area (Å²) in [5, 5.41) is 9.64. The van der Waals surface area contributed by atoms with Gasteiger partial charge in [-0.3, -0.25) is 0 Å². The minimum absolute atomic E-state index is 0.0819. The highest BCUT2D eigenvalue weighted by atomic mass is 32.2. The van der Waals surface area contributed by atoms with Crippen molar-refractivity contribution in [2.45, 2.75) is 44.2 Å². The van der Waals surface area contributed by atoms with Crippen molar-refractivity contribution in [3.63, 3.8) is 0 Å². The summed E-state index contributed by atoms with van der Waals surface area (Å²) in [5.41, 5.74) is 1.01. The first kappa shape index (κ1) is 17.1. The zero-order valence-corrected chi connectivity index (χ0v) is 14.5. The lowest BCUT2D eigenvalue weighted by atomic mass is 10.1. The van der Waals surface area contributed by atoms with Crippen LogP contribution in [0.2, 0.25) is 0 Å². The van der Waals surface area contributed by atoms with Crippen molar-refractivity contribution in [2.24, 2.45) is 5.14 Å². The first-order valence-corrected chi connectivity index (χ1v) is 9.51. The molecule has 5 nitrogen and oxygen atoms in total. The number of hydrogen-bond acceptors (Lipinski definition) is 5. The predicted octanol–water partition coefficient (Wildman–Crippen LogP) is 2.76. The smallest absolute Gasteiger partial charge is 0.238 e. The highest BCUT2D eigenvalue weighted by Gasteiger charge is 2.15. The molecule has 3 N–H and O–H groups in total. The Kier molecular flexibility index (Phi) is 5.33. The Morgan fingerprint density at radius 2 is 1.86 bits per heavy atom. The fourth-order valence-electron chi connectivity index (χ4n) is 2.17. The van der Waals surface area contributed by atoms with Crippen molar-refractivity contribution in [3.05, 3.63) is 45.9 Å². The van der Waals surface area contributed by atoms with Gasteiger partial charge in [-0.05, 0) is 38.0 Å². The summed E-state index contributed by atoms with van der Waals surface area (Å²) in [6.45, 7) is 6.23. The lowest BCUT2D eigenvalue weighted by molar-refractivity contribution is 0.493. The Bertz CT molecular complexity index is 724. The summed E-state index contributed by atoms with van der Waals surface area (Å²) in [6, 6.07) is 6.85. The van der Waals surface area contributed by atoms with Crippen LogP contribution in [0, 0.1) is 0 Å². The van der Waals surface area contributed by atoms with E-state index in [9.17, 15) is 8.42 Å². The molecule has 22 heavy (non-hydrogen) atoms. The van der Waals surface area contributed by atoms with Gasteiger partial charge in [0.25, 0.3) is 0 Å². The van der Waals surface area contributed by atoms with E-state index in [2.05, 4.69) is 24.1 Å². The Hall–Kier alpha value is -1.28. The second-order valence-electron chi connectivity index (χ2n) is 5.24. The van der Waals surface area contributed by atoms with Gasteiger partial charge >= 0.3 is 0 Å². The lowest BCUT2D eigenvalue weighted by Gasteiger charge is -2.19. The van der Waals surface area contributed by atoms with Gasteiger partial charge in [0.2, 0.25) is 10.0 Å². The molecule has 1 aromatic heterocycles. The van der Waals surface area contributed by atoms with E-state index in [4.69, 9.17) is 5.14 Å². The summed E-state index contributed by atoms with van der Waals surface area (Å²) in [4.78, 5) is 5.84. The Balaban J connectivity index is 2.06. The first-order chi connectivity index (χ1) is 10.3. The van der Waals surface area contributed by atoms with Gasteiger partial charge in [-0.15, -0.1) is 11.3 Å². The maximum absolute atomic E-state index is 11.3. The van der Waals surface area contributed by atoms with Crippen LogP contribution in [-0.2, 0) is 16.4 Å². The number of aryl methyl sites for hydroxylation is 1. The van der Waals surface area contributed by atoms with Gasteiger partial charge in [0.05, 0.1) is 10.9 Å². The molecule has 0 bridgehead atoms. The summed E-state index contributed by atoms with van der Waals surface area (Å²) in [6.07, 6.45) is 2.92. The number of sulfonamides is 1. The number of thiazole rings is 1. The molecule has 2 rings (SSSR count). The van der Waals surface area contributed by atoms with Crippen LogP contribution in [-0.4, -0.2) is 13.4 Å². The predicted molar refractivity (Wildman–Crippen MR) is 89.3 cm³/mol. The van der Waals surface area contributed by atoms with Crippen LogP contribution >= 0.6 is 11.3 Å². The quantitative estimate of drug-likeness (QED) is 0.847. The summed E-state index contributed by atoms with van der Waals surface area (Å²) >= 11 is 1.71. The molecule has 2 atom stereocenters.